The molecule has 39 heavy (non-hydrogen) atoms. The average molecular weight is 618 g/mol. The van der Waals surface area contributed by atoms with Crippen molar-refractivity contribution in [1.29, 1.82) is 0 Å². The minimum absolute atomic E-state index is 0.180. The van der Waals surface area contributed by atoms with E-state index in [9.17, 15) is 9.59 Å². The third kappa shape index (κ3) is 5.46. The average Bonchev–Trinajstić information content (AvgIpc) is 3.22. The standard InChI is InChI=1S/C28H29BrN2O7S/c1-7-37-19-10-9-16(11-20(19)34-4)12-23-26(32)31-25(17-13-21(35-5)22(36-6)14-18(17)29)24(27(33)38-8-2)15(3)30-28(31)39-23/h9-14,25H,7-8H2,1-6H3/b23-12-/t25-/m1/s1. The number of allylic oxidation sites excluding steroid dienone is 1. The molecule has 1 atom stereocenters. The molecule has 0 radical (unpaired) electrons. The normalized spacial score (nSPS) is 14.9. The van der Waals surface area contributed by atoms with Gasteiger partial charge < -0.3 is 23.7 Å². The number of thiazole rings is 1. The van der Waals surface area contributed by atoms with Crippen molar-refractivity contribution >= 4 is 39.3 Å². The van der Waals surface area contributed by atoms with Gasteiger partial charge in [-0.15, -0.1) is 0 Å². The lowest BCUT2D eigenvalue weighted by Crippen LogP contribution is -2.40. The van der Waals surface area contributed by atoms with E-state index in [0.717, 1.165) is 5.56 Å². The van der Waals surface area contributed by atoms with E-state index in [4.69, 9.17) is 23.7 Å². The summed E-state index contributed by atoms with van der Waals surface area (Å²) in [6.07, 6.45) is 1.77. The molecule has 0 N–H and O–H groups in total. The van der Waals surface area contributed by atoms with Gasteiger partial charge in [-0.3, -0.25) is 9.36 Å². The van der Waals surface area contributed by atoms with E-state index in [2.05, 4.69) is 20.9 Å². The lowest BCUT2D eigenvalue weighted by molar-refractivity contribution is -0.139. The summed E-state index contributed by atoms with van der Waals surface area (Å²) >= 11 is 4.84. The quantitative estimate of drug-likeness (QED) is 0.335. The highest BCUT2D eigenvalue weighted by molar-refractivity contribution is 9.10. The fraction of sp³-hybridized carbons (Fsp3) is 0.321. The van der Waals surface area contributed by atoms with E-state index in [1.807, 2.05) is 13.0 Å². The smallest absolute Gasteiger partial charge is 0.338 e. The molecule has 4 rings (SSSR count). The summed E-state index contributed by atoms with van der Waals surface area (Å²) in [5.41, 5.74) is 1.82. The summed E-state index contributed by atoms with van der Waals surface area (Å²) in [6, 6.07) is 8.14. The molecule has 0 saturated heterocycles. The first-order chi connectivity index (χ1) is 18.8. The van der Waals surface area contributed by atoms with E-state index < -0.39 is 12.0 Å². The van der Waals surface area contributed by atoms with Crippen LogP contribution in [0.1, 0.15) is 37.9 Å². The molecule has 0 saturated carbocycles. The van der Waals surface area contributed by atoms with Gasteiger partial charge in [0, 0.05) is 4.47 Å². The summed E-state index contributed by atoms with van der Waals surface area (Å²) in [5.74, 6) is 1.59. The Morgan fingerprint density at radius 1 is 1.03 bits per heavy atom. The third-order valence-electron chi connectivity index (χ3n) is 6.10. The van der Waals surface area contributed by atoms with Gasteiger partial charge in [0.15, 0.2) is 27.8 Å². The maximum absolute atomic E-state index is 13.9. The SMILES string of the molecule is CCOC(=O)C1=C(C)N=c2s/c(=C\c3ccc(OCC)c(OC)c3)c(=O)n2[C@@H]1c1cc(OC)c(OC)cc1Br. The first kappa shape index (κ1) is 28.4. The van der Waals surface area contributed by atoms with Crippen molar-refractivity contribution in [2.75, 3.05) is 34.5 Å². The Morgan fingerprint density at radius 2 is 1.69 bits per heavy atom. The summed E-state index contributed by atoms with van der Waals surface area (Å²) in [6.45, 7) is 6.05. The van der Waals surface area contributed by atoms with Crippen molar-refractivity contribution in [3.8, 4) is 23.0 Å². The van der Waals surface area contributed by atoms with Gasteiger partial charge in [-0.25, -0.2) is 9.79 Å². The second kappa shape index (κ2) is 12.1. The van der Waals surface area contributed by atoms with Crippen molar-refractivity contribution < 1.29 is 28.5 Å². The second-order valence-electron chi connectivity index (χ2n) is 8.37. The number of carbonyl (C=O) groups excluding carboxylic acids is 1. The number of fused-ring (bicyclic) bond motifs is 1. The zero-order chi connectivity index (χ0) is 28.3. The molecule has 11 heteroatoms. The van der Waals surface area contributed by atoms with E-state index in [1.54, 1.807) is 51.3 Å². The zero-order valence-corrected chi connectivity index (χ0v) is 24.9. The number of hydrogen-bond donors (Lipinski definition) is 0. The van der Waals surface area contributed by atoms with Crippen LogP contribution in [-0.4, -0.2) is 45.1 Å². The molecule has 1 aliphatic heterocycles. The summed E-state index contributed by atoms with van der Waals surface area (Å²) in [7, 11) is 4.63. The Hall–Kier alpha value is -3.57. The molecule has 1 aliphatic rings. The molecule has 0 unspecified atom stereocenters. The summed E-state index contributed by atoms with van der Waals surface area (Å²) < 4.78 is 30.0. The number of methoxy groups -OCH3 is 3. The molecule has 0 spiro atoms. The monoisotopic (exact) mass is 616 g/mol. The van der Waals surface area contributed by atoms with E-state index >= 15 is 0 Å². The molecule has 2 heterocycles. The van der Waals surface area contributed by atoms with Crippen LogP contribution in [0.2, 0.25) is 0 Å². The van der Waals surface area contributed by atoms with Crippen LogP contribution in [0.5, 0.6) is 23.0 Å². The highest BCUT2D eigenvalue weighted by Crippen LogP contribution is 2.40. The molecule has 3 aromatic rings. The topological polar surface area (TPSA) is 97.6 Å². The Balaban J connectivity index is 1.96. The van der Waals surface area contributed by atoms with Crippen molar-refractivity contribution in [2.24, 2.45) is 4.99 Å². The zero-order valence-electron chi connectivity index (χ0n) is 22.5. The van der Waals surface area contributed by atoms with Crippen molar-refractivity contribution in [2.45, 2.75) is 26.8 Å². The number of nitrogens with zero attached hydrogens (tertiary/aromatic N) is 2. The van der Waals surface area contributed by atoms with Gasteiger partial charge in [0.25, 0.3) is 5.56 Å². The van der Waals surface area contributed by atoms with Gasteiger partial charge in [-0.2, -0.15) is 0 Å². The maximum Gasteiger partial charge on any atom is 0.338 e. The number of aromatic nitrogens is 1. The molecule has 9 nitrogen and oxygen atoms in total. The number of rotatable bonds is 9. The van der Waals surface area contributed by atoms with E-state index in [0.29, 0.717) is 54.7 Å². The largest absolute Gasteiger partial charge is 0.493 e. The molecular formula is C28H29BrN2O7S. The van der Waals surface area contributed by atoms with Crippen LogP contribution in [0.25, 0.3) is 6.08 Å². The highest BCUT2D eigenvalue weighted by atomic mass is 79.9. The molecule has 0 aliphatic carbocycles. The molecule has 0 bridgehead atoms. The van der Waals surface area contributed by atoms with Crippen LogP contribution in [0.3, 0.4) is 0 Å². The fourth-order valence-corrected chi connectivity index (χ4v) is 5.95. The first-order valence-corrected chi connectivity index (χ1v) is 13.8. The predicted octanol–water partition coefficient (Wildman–Crippen LogP) is 3.99. The van der Waals surface area contributed by atoms with Crippen LogP contribution < -0.4 is 33.8 Å². The lowest BCUT2D eigenvalue weighted by atomic mass is 9.95. The van der Waals surface area contributed by atoms with Gasteiger partial charge in [-0.1, -0.05) is 33.3 Å². The van der Waals surface area contributed by atoms with Crippen molar-refractivity contribution in [3.05, 3.63) is 76.9 Å². The molecule has 0 fully saturated rings. The Kier molecular flexibility index (Phi) is 8.81. The number of halogens is 1. The lowest BCUT2D eigenvalue weighted by Gasteiger charge is -2.26. The van der Waals surface area contributed by atoms with Crippen LogP contribution >= 0.6 is 27.3 Å². The molecule has 1 aromatic heterocycles. The number of ether oxygens (including phenoxy) is 5. The molecule has 206 valence electrons. The number of carbonyl (C=O) groups is 1. The van der Waals surface area contributed by atoms with Gasteiger partial charge in [0.2, 0.25) is 0 Å². The van der Waals surface area contributed by atoms with Crippen molar-refractivity contribution in [1.82, 2.24) is 4.57 Å². The fourth-order valence-electron chi connectivity index (χ4n) is 4.37. The van der Waals surface area contributed by atoms with Crippen LogP contribution in [0, 0.1) is 0 Å². The van der Waals surface area contributed by atoms with Crippen LogP contribution in [0.4, 0.5) is 0 Å². The number of hydrogen-bond acceptors (Lipinski definition) is 9. The molecular weight excluding hydrogens is 588 g/mol. The van der Waals surface area contributed by atoms with Gasteiger partial charge >= 0.3 is 5.97 Å². The molecule has 2 aromatic carbocycles. The maximum atomic E-state index is 13.9. The highest BCUT2D eigenvalue weighted by Gasteiger charge is 2.35. The Bertz CT molecular complexity index is 1620. The third-order valence-corrected chi connectivity index (χ3v) is 7.77. The van der Waals surface area contributed by atoms with E-state index in [1.165, 1.54) is 30.1 Å². The minimum atomic E-state index is -0.813. The predicted molar refractivity (Wildman–Crippen MR) is 152 cm³/mol. The number of benzene rings is 2. The number of esters is 1. The minimum Gasteiger partial charge on any atom is -0.493 e. The first-order valence-electron chi connectivity index (χ1n) is 12.2. The van der Waals surface area contributed by atoms with Crippen LogP contribution in [0.15, 0.2) is 55.9 Å². The van der Waals surface area contributed by atoms with Crippen molar-refractivity contribution in [3.63, 3.8) is 0 Å². The second-order valence-corrected chi connectivity index (χ2v) is 10.2. The summed E-state index contributed by atoms with van der Waals surface area (Å²) in [4.78, 5) is 32.2. The van der Waals surface area contributed by atoms with Gasteiger partial charge in [0.1, 0.15) is 0 Å². The van der Waals surface area contributed by atoms with Crippen LogP contribution in [-0.2, 0) is 9.53 Å². The Labute approximate surface area is 238 Å². The van der Waals surface area contributed by atoms with E-state index in [-0.39, 0.29) is 17.7 Å². The Morgan fingerprint density at radius 3 is 2.33 bits per heavy atom. The molecule has 0 amide bonds. The van der Waals surface area contributed by atoms with Gasteiger partial charge in [-0.05, 0) is 62.2 Å². The summed E-state index contributed by atoms with van der Waals surface area (Å²) in [5, 5.41) is 0. The van der Waals surface area contributed by atoms with Gasteiger partial charge in [0.05, 0.1) is 56.4 Å².